The molecule has 1 aliphatic heterocycles. The molecule has 1 aromatic rings. The highest BCUT2D eigenvalue weighted by Gasteiger charge is 2.38. The lowest BCUT2D eigenvalue weighted by molar-refractivity contribution is -0.00398. The van der Waals surface area contributed by atoms with Gasteiger partial charge in [-0.3, -0.25) is 0 Å². The van der Waals surface area contributed by atoms with E-state index in [0.717, 1.165) is 31.6 Å². The van der Waals surface area contributed by atoms with Gasteiger partial charge >= 0.3 is 7.12 Å². The first-order valence-electron chi connectivity index (χ1n) is 9.51. The molecule has 2 rings (SSSR count). The summed E-state index contributed by atoms with van der Waals surface area (Å²) in [7, 11) is -3.20. The van der Waals surface area contributed by atoms with Gasteiger partial charge in [-0.15, -0.1) is 0 Å². The first kappa shape index (κ1) is 21.4. The predicted molar refractivity (Wildman–Crippen MR) is 110 cm³/mol. The van der Waals surface area contributed by atoms with Crippen LogP contribution >= 0.6 is 0 Å². The molecule has 0 bridgehead atoms. The van der Waals surface area contributed by atoms with Crippen LogP contribution in [0.3, 0.4) is 0 Å². The highest BCUT2D eigenvalue weighted by molar-refractivity contribution is 6.74. The van der Waals surface area contributed by atoms with Crippen LogP contribution in [0.15, 0.2) is 24.3 Å². The molecule has 26 heavy (non-hydrogen) atoms. The minimum absolute atomic E-state index is 0.188. The molecule has 146 valence electrons. The number of hydrogen-bond acceptors (Lipinski definition) is 5. The van der Waals surface area contributed by atoms with Crippen LogP contribution in [0, 0.1) is 0 Å². The summed E-state index contributed by atoms with van der Waals surface area (Å²) in [4.78, 5) is 2.23. The van der Waals surface area contributed by atoms with Gasteiger partial charge < -0.3 is 24.5 Å². The molecule has 1 aliphatic rings. The van der Waals surface area contributed by atoms with Crippen molar-refractivity contribution in [3.63, 3.8) is 0 Å². The largest absolute Gasteiger partial charge is 0.488 e. The quantitative estimate of drug-likeness (QED) is 0.661. The summed E-state index contributed by atoms with van der Waals surface area (Å²) in [6, 6.07) is 7.27. The van der Waals surface area contributed by atoms with Crippen molar-refractivity contribution in [2.75, 3.05) is 24.6 Å². The number of aliphatic hydroxyl groups is 1. The average molecular weight is 379 g/mol. The van der Waals surface area contributed by atoms with Crippen molar-refractivity contribution in [1.29, 1.82) is 0 Å². The summed E-state index contributed by atoms with van der Waals surface area (Å²) in [6.45, 7) is 13.4. The first-order valence-corrected chi connectivity index (χ1v) is 12.4. The van der Waals surface area contributed by atoms with Crippen molar-refractivity contribution in [2.24, 2.45) is 0 Å². The zero-order valence-electron chi connectivity index (χ0n) is 16.8. The molecule has 0 aliphatic carbocycles. The number of piperidine rings is 1. The lowest BCUT2D eigenvalue weighted by atomic mass is 9.80. The second kappa shape index (κ2) is 8.02. The van der Waals surface area contributed by atoms with Crippen LogP contribution in [0.4, 0.5) is 5.69 Å². The maximum atomic E-state index is 10.9. The Hall–Kier alpha value is -0.858. The molecule has 0 unspecified atom stereocenters. The van der Waals surface area contributed by atoms with Gasteiger partial charge in [0.2, 0.25) is 0 Å². The van der Waals surface area contributed by atoms with Gasteiger partial charge in [0.05, 0.1) is 5.60 Å². The van der Waals surface area contributed by atoms with Crippen LogP contribution in [-0.4, -0.2) is 55.9 Å². The zero-order chi connectivity index (χ0) is 19.6. The van der Waals surface area contributed by atoms with Gasteiger partial charge in [-0.2, -0.15) is 0 Å². The number of benzene rings is 1. The van der Waals surface area contributed by atoms with Crippen molar-refractivity contribution in [2.45, 2.75) is 63.8 Å². The molecule has 0 spiro atoms. The number of anilines is 1. The highest BCUT2D eigenvalue weighted by Crippen LogP contribution is 2.37. The Labute approximate surface area is 159 Å². The molecule has 7 heteroatoms. The van der Waals surface area contributed by atoms with E-state index in [1.807, 2.05) is 12.1 Å². The standard InChI is InChI=1S/C19H34BNO4Si/c1-18(2,3)26(4,5)25-15-12-19(22)10-13-21(14-11-19)17-8-6-16(7-9-17)20(23)24/h6-9,22-24H,10-15H2,1-5H3. The van der Waals surface area contributed by atoms with Crippen LogP contribution in [0.5, 0.6) is 0 Å². The van der Waals surface area contributed by atoms with Gasteiger partial charge in [-0.1, -0.05) is 32.9 Å². The molecule has 0 saturated carbocycles. The fraction of sp³-hybridized carbons (Fsp3) is 0.684. The lowest BCUT2D eigenvalue weighted by Crippen LogP contribution is -2.47. The Morgan fingerprint density at radius 2 is 1.65 bits per heavy atom. The molecule has 0 atom stereocenters. The molecule has 0 aromatic heterocycles. The first-order chi connectivity index (χ1) is 11.9. The van der Waals surface area contributed by atoms with Crippen LogP contribution in [0.25, 0.3) is 0 Å². The molecule has 0 radical (unpaired) electrons. The van der Waals surface area contributed by atoms with Crippen LogP contribution in [0.2, 0.25) is 18.1 Å². The third-order valence-electron chi connectivity index (χ3n) is 6.09. The topological polar surface area (TPSA) is 73.2 Å². The van der Waals surface area contributed by atoms with E-state index in [1.54, 1.807) is 12.1 Å². The smallest absolute Gasteiger partial charge is 0.423 e. The van der Waals surface area contributed by atoms with Crippen molar-refractivity contribution in [3.8, 4) is 0 Å². The molecule has 1 saturated heterocycles. The second-order valence-electron chi connectivity index (χ2n) is 9.04. The molecule has 1 heterocycles. The van der Waals surface area contributed by atoms with E-state index >= 15 is 0 Å². The van der Waals surface area contributed by atoms with Crippen LogP contribution in [0.1, 0.15) is 40.0 Å². The third kappa shape index (κ3) is 5.33. The van der Waals surface area contributed by atoms with E-state index < -0.39 is 21.0 Å². The molecular weight excluding hydrogens is 345 g/mol. The average Bonchev–Trinajstić information content (AvgIpc) is 2.54. The minimum atomic E-state index is -1.77. The van der Waals surface area contributed by atoms with Gasteiger partial charge in [0.15, 0.2) is 8.32 Å². The summed E-state index contributed by atoms with van der Waals surface area (Å²) in [6.07, 6.45) is 2.12. The van der Waals surface area contributed by atoms with Crippen LogP contribution < -0.4 is 10.4 Å². The van der Waals surface area contributed by atoms with Crippen molar-refractivity contribution in [3.05, 3.63) is 24.3 Å². The minimum Gasteiger partial charge on any atom is -0.423 e. The summed E-state index contributed by atoms with van der Waals surface area (Å²) in [5.41, 5.74) is 0.888. The molecule has 0 amide bonds. The Morgan fingerprint density at radius 3 is 2.12 bits per heavy atom. The Morgan fingerprint density at radius 1 is 1.12 bits per heavy atom. The van der Waals surface area contributed by atoms with Gasteiger partial charge in [0.1, 0.15) is 0 Å². The highest BCUT2D eigenvalue weighted by atomic mass is 28.4. The molecule has 1 aromatic carbocycles. The summed E-state index contributed by atoms with van der Waals surface area (Å²) < 4.78 is 6.23. The zero-order valence-corrected chi connectivity index (χ0v) is 17.8. The number of nitrogens with zero attached hydrogens (tertiary/aromatic N) is 1. The second-order valence-corrected chi connectivity index (χ2v) is 13.8. The van der Waals surface area contributed by atoms with E-state index in [4.69, 9.17) is 4.43 Å². The van der Waals surface area contributed by atoms with E-state index in [-0.39, 0.29) is 5.04 Å². The fourth-order valence-electron chi connectivity index (χ4n) is 3.00. The van der Waals surface area contributed by atoms with Crippen molar-refractivity contribution >= 4 is 26.6 Å². The van der Waals surface area contributed by atoms with E-state index in [2.05, 4.69) is 38.8 Å². The summed E-state index contributed by atoms with van der Waals surface area (Å²) in [5.74, 6) is 0. The van der Waals surface area contributed by atoms with Gasteiger partial charge in [-0.25, -0.2) is 0 Å². The van der Waals surface area contributed by atoms with Gasteiger partial charge in [0.25, 0.3) is 0 Å². The van der Waals surface area contributed by atoms with E-state index in [9.17, 15) is 15.2 Å². The number of rotatable bonds is 6. The Bertz CT molecular complexity index is 578. The lowest BCUT2D eigenvalue weighted by Gasteiger charge is -2.41. The van der Waals surface area contributed by atoms with E-state index in [0.29, 0.717) is 18.5 Å². The Kier molecular flexibility index (Phi) is 6.62. The van der Waals surface area contributed by atoms with E-state index in [1.165, 1.54) is 0 Å². The molecule has 3 N–H and O–H groups in total. The third-order valence-corrected chi connectivity index (χ3v) is 10.6. The monoisotopic (exact) mass is 379 g/mol. The van der Waals surface area contributed by atoms with Gasteiger partial charge in [0, 0.05) is 25.4 Å². The Balaban J connectivity index is 1.84. The molecule has 5 nitrogen and oxygen atoms in total. The number of hydrogen-bond donors (Lipinski definition) is 3. The van der Waals surface area contributed by atoms with Crippen molar-refractivity contribution in [1.82, 2.24) is 0 Å². The van der Waals surface area contributed by atoms with Crippen molar-refractivity contribution < 1.29 is 19.6 Å². The SMILES string of the molecule is CC(C)(C)[Si](C)(C)OCCC1(O)CCN(c2ccc(B(O)O)cc2)CC1. The predicted octanol–water partition coefficient (Wildman–Crippen LogP) is 2.11. The van der Waals surface area contributed by atoms with Gasteiger partial charge in [-0.05, 0) is 55.0 Å². The summed E-state index contributed by atoms with van der Waals surface area (Å²) in [5, 5.41) is 29.4. The maximum absolute atomic E-state index is 10.9. The normalized spacial score (nSPS) is 18.1. The molecular formula is C19H34BNO4Si. The fourth-order valence-corrected chi connectivity index (χ4v) is 4.05. The molecule has 1 fully saturated rings. The maximum Gasteiger partial charge on any atom is 0.488 e. The van der Waals surface area contributed by atoms with Crippen LogP contribution in [-0.2, 0) is 4.43 Å². The summed E-state index contributed by atoms with van der Waals surface area (Å²) >= 11 is 0.